The Labute approximate surface area is 184 Å². The minimum Gasteiger partial charge on any atom is -0.340 e. The number of hydrogen-bond acceptors (Lipinski definition) is 5. The van der Waals surface area contributed by atoms with Crippen LogP contribution in [0, 0.1) is 12.7 Å². The number of nitrogens with zero attached hydrogens (tertiary/aromatic N) is 4. The second-order valence-corrected chi connectivity index (χ2v) is 8.07. The Morgan fingerprint density at radius 1 is 1.19 bits per heavy atom. The first-order chi connectivity index (χ1) is 15.5. The molecule has 32 heavy (non-hydrogen) atoms. The molecule has 1 aliphatic carbocycles. The fourth-order valence-corrected chi connectivity index (χ4v) is 3.74. The zero-order valence-corrected chi connectivity index (χ0v) is 17.7. The van der Waals surface area contributed by atoms with Crippen molar-refractivity contribution in [2.24, 2.45) is 0 Å². The maximum Gasteiger partial charge on any atom is 0.255 e. The lowest BCUT2D eigenvalue weighted by Crippen LogP contribution is -2.27. The third-order valence-electron chi connectivity index (χ3n) is 5.62. The number of para-hydroxylation sites is 1. The van der Waals surface area contributed by atoms with Crippen LogP contribution in [-0.4, -0.2) is 25.8 Å². The summed E-state index contributed by atoms with van der Waals surface area (Å²) in [7, 11) is 0. The Kier molecular flexibility index (Phi) is 5.05. The van der Waals surface area contributed by atoms with Crippen molar-refractivity contribution in [3.05, 3.63) is 83.3 Å². The third kappa shape index (κ3) is 3.79. The number of halogens is 1. The van der Waals surface area contributed by atoms with Crippen LogP contribution in [0.25, 0.3) is 17.1 Å². The highest BCUT2D eigenvalue weighted by molar-refractivity contribution is 5.95. The molecular weight excluding hydrogens is 409 g/mol. The second-order valence-electron chi connectivity index (χ2n) is 8.07. The molecule has 1 aliphatic rings. The lowest BCUT2D eigenvalue weighted by Gasteiger charge is -2.13. The van der Waals surface area contributed by atoms with Crippen molar-refractivity contribution in [3.63, 3.8) is 0 Å². The van der Waals surface area contributed by atoms with Gasteiger partial charge in [-0.15, -0.1) is 0 Å². The van der Waals surface area contributed by atoms with Gasteiger partial charge in [0, 0.05) is 11.5 Å². The number of aromatic nitrogens is 4. The zero-order valence-electron chi connectivity index (χ0n) is 17.7. The van der Waals surface area contributed by atoms with Crippen LogP contribution in [0.15, 0.2) is 59.3 Å². The topological polar surface area (TPSA) is 85.8 Å². The van der Waals surface area contributed by atoms with Crippen molar-refractivity contribution in [2.75, 3.05) is 0 Å². The minimum absolute atomic E-state index is 0.235. The predicted molar refractivity (Wildman–Crippen MR) is 116 cm³/mol. The number of hydrogen-bond donors (Lipinski definition) is 1. The zero-order chi connectivity index (χ0) is 22.2. The molecular formula is C24H22FN5O2. The van der Waals surface area contributed by atoms with Gasteiger partial charge in [-0.2, -0.15) is 10.1 Å². The summed E-state index contributed by atoms with van der Waals surface area (Å²) in [5.41, 5.74) is 4.19. The van der Waals surface area contributed by atoms with E-state index in [1.165, 1.54) is 12.1 Å². The van der Waals surface area contributed by atoms with Crippen molar-refractivity contribution < 1.29 is 13.7 Å². The van der Waals surface area contributed by atoms with Gasteiger partial charge in [-0.25, -0.2) is 9.07 Å². The van der Waals surface area contributed by atoms with Crippen LogP contribution in [0.4, 0.5) is 4.39 Å². The van der Waals surface area contributed by atoms with Crippen LogP contribution in [0.5, 0.6) is 0 Å². The standard InChI is InChI=1S/C24H22FN5O2/c1-14-5-3-4-6-20(14)30-21(16-7-8-16)19(13-26-30)23(31)27-15(2)24-28-22(29-32-24)17-9-11-18(25)12-10-17/h3-6,9-13,15-16H,7-8H2,1-2H3,(H,27,31). The van der Waals surface area contributed by atoms with E-state index in [-0.39, 0.29) is 17.6 Å². The number of rotatable bonds is 6. The van der Waals surface area contributed by atoms with Crippen molar-refractivity contribution in [2.45, 2.75) is 38.6 Å². The molecule has 1 atom stereocenters. The van der Waals surface area contributed by atoms with Gasteiger partial charge in [0.1, 0.15) is 11.9 Å². The normalized spacial score (nSPS) is 14.3. The Morgan fingerprint density at radius 3 is 2.66 bits per heavy atom. The highest BCUT2D eigenvalue weighted by Crippen LogP contribution is 2.42. The molecule has 1 saturated carbocycles. The summed E-state index contributed by atoms with van der Waals surface area (Å²) in [6, 6.07) is 13.3. The number of carbonyl (C=O) groups excluding carboxylic acids is 1. The van der Waals surface area contributed by atoms with Crippen LogP contribution < -0.4 is 5.32 Å². The number of aryl methyl sites for hydroxylation is 1. The summed E-state index contributed by atoms with van der Waals surface area (Å²) in [4.78, 5) is 17.5. The first kappa shape index (κ1) is 20.1. The molecule has 2 heterocycles. The van der Waals surface area contributed by atoms with Crippen molar-refractivity contribution >= 4 is 5.91 Å². The largest absolute Gasteiger partial charge is 0.340 e. The van der Waals surface area contributed by atoms with Gasteiger partial charge in [-0.1, -0.05) is 23.4 Å². The Morgan fingerprint density at radius 2 is 1.94 bits per heavy atom. The van der Waals surface area contributed by atoms with Gasteiger partial charge in [0.05, 0.1) is 23.1 Å². The van der Waals surface area contributed by atoms with Crippen LogP contribution >= 0.6 is 0 Å². The van der Waals surface area contributed by atoms with E-state index < -0.39 is 6.04 Å². The van der Waals surface area contributed by atoms with Gasteiger partial charge in [-0.05, 0) is 62.6 Å². The van der Waals surface area contributed by atoms with Gasteiger partial charge in [0.25, 0.3) is 5.91 Å². The average molecular weight is 431 g/mol. The second kappa shape index (κ2) is 8.03. The monoisotopic (exact) mass is 431 g/mol. The Balaban J connectivity index is 1.38. The molecule has 1 unspecified atom stereocenters. The summed E-state index contributed by atoms with van der Waals surface area (Å²) >= 11 is 0. The van der Waals surface area contributed by atoms with E-state index in [1.54, 1.807) is 25.3 Å². The molecule has 0 radical (unpaired) electrons. The van der Waals surface area contributed by atoms with Crippen molar-refractivity contribution in [1.29, 1.82) is 0 Å². The number of carbonyl (C=O) groups is 1. The molecule has 162 valence electrons. The summed E-state index contributed by atoms with van der Waals surface area (Å²) in [6.45, 7) is 3.81. The summed E-state index contributed by atoms with van der Waals surface area (Å²) in [6.07, 6.45) is 3.70. The lowest BCUT2D eigenvalue weighted by molar-refractivity contribution is 0.0931. The van der Waals surface area contributed by atoms with E-state index in [9.17, 15) is 9.18 Å². The lowest BCUT2D eigenvalue weighted by atomic mass is 10.1. The molecule has 0 aliphatic heterocycles. The fourth-order valence-electron chi connectivity index (χ4n) is 3.74. The number of amides is 1. The van der Waals surface area contributed by atoms with E-state index in [0.29, 0.717) is 22.9 Å². The molecule has 1 fully saturated rings. The van der Waals surface area contributed by atoms with Gasteiger partial charge in [0.15, 0.2) is 0 Å². The van der Waals surface area contributed by atoms with E-state index >= 15 is 0 Å². The molecule has 0 bridgehead atoms. The summed E-state index contributed by atoms with van der Waals surface area (Å²) < 4.78 is 20.4. The SMILES string of the molecule is Cc1ccccc1-n1ncc(C(=O)NC(C)c2nc(-c3ccc(F)cc3)no2)c1C1CC1. The highest BCUT2D eigenvalue weighted by Gasteiger charge is 2.33. The van der Waals surface area contributed by atoms with Gasteiger partial charge in [0.2, 0.25) is 11.7 Å². The molecule has 0 spiro atoms. The van der Waals surface area contributed by atoms with Crippen LogP contribution in [0.3, 0.4) is 0 Å². The molecule has 7 nitrogen and oxygen atoms in total. The quantitative estimate of drug-likeness (QED) is 0.477. The highest BCUT2D eigenvalue weighted by atomic mass is 19.1. The van der Waals surface area contributed by atoms with E-state index in [4.69, 9.17) is 4.52 Å². The molecule has 8 heteroatoms. The van der Waals surface area contributed by atoms with Crippen LogP contribution in [0.2, 0.25) is 0 Å². The third-order valence-corrected chi connectivity index (χ3v) is 5.62. The van der Waals surface area contributed by atoms with Crippen LogP contribution in [-0.2, 0) is 0 Å². The molecule has 2 aromatic carbocycles. The van der Waals surface area contributed by atoms with Crippen molar-refractivity contribution in [3.8, 4) is 17.1 Å². The summed E-state index contributed by atoms with van der Waals surface area (Å²) in [5.74, 6) is 0.363. The van der Waals surface area contributed by atoms with Crippen molar-refractivity contribution in [1.82, 2.24) is 25.2 Å². The molecule has 5 rings (SSSR count). The summed E-state index contributed by atoms with van der Waals surface area (Å²) in [5, 5.41) is 11.4. The van der Waals surface area contributed by atoms with Gasteiger partial charge >= 0.3 is 0 Å². The first-order valence-electron chi connectivity index (χ1n) is 10.6. The van der Waals surface area contributed by atoms with E-state index in [0.717, 1.165) is 29.8 Å². The average Bonchev–Trinajstić information content (AvgIpc) is 3.33. The Hall–Kier alpha value is -3.81. The molecule has 2 aromatic heterocycles. The molecule has 1 amide bonds. The first-order valence-corrected chi connectivity index (χ1v) is 10.6. The minimum atomic E-state index is -0.502. The van der Waals surface area contributed by atoms with Crippen LogP contribution in [0.1, 0.15) is 59.2 Å². The van der Waals surface area contributed by atoms with E-state index in [1.807, 2.05) is 35.9 Å². The molecule has 0 saturated heterocycles. The smallest absolute Gasteiger partial charge is 0.255 e. The fraction of sp³-hybridized carbons (Fsp3) is 0.250. The maximum absolute atomic E-state index is 13.1. The number of benzene rings is 2. The Bertz CT molecular complexity index is 1270. The number of nitrogens with one attached hydrogen (secondary N) is 1. The van der Waals surface area contributed by atoms with Gasteiger partial charge < -0.3 is 9.84 Å². The van der Waals surface area contributed by atoms with E-state index in [2.05, 4.69) is 20.6 Å². The van der Waals surface area contributed by atoms with Gasteiger partial charge in [-0.3, -0.25) is 4.79 Å². The molecule has 4 aromatic rings. The molecule has 1 N–H and O–H groups in total. The predicted octanol–water partition coefficient (Wildman–Crippen LogP) is 4.74. The maximum atomic E-state index is 13.1.